The average molecular weight is 243 g/mol. The number of carbonyl (C=O) groups is 1. The summed E-state index contributed by atoms with van der Waals surface area (Å²) < 4.78 is 0. The fourth-order valence-electron chi connectivity index (χ4n) is 0.592. The fraction of sp³-hybridized carbons (Fsp3) is 0.167. The van der Waals surface area contributed by atoms with E-state index in [4.69, 9.17) is 11.6 Å². The van der Waals surface area contributed by atoms with Crippen LogP contribution in [0.1, 0.15) is 10.5 Å². The fourth-order valence-corrected chi connectivity index (χ4v) is 1.10. The van der Waals surface area contributed by atoms with E-state index in [2.05, 4.69) is 9.97 Å². The van der Waals surface area contributed by atoms with Crippen LogP contribution in [-0.2, 0) is 0 Å². The van der Waals surface area contributed by atoms with Crippen molar-refractivity contribution < 1.29 is 61.3 Å². The largest absolute Gasteiger partial charge is 1.00 e. The van der Waals surface area contributed by atoms with Crippen LogP contribution in [0, 0.1) is 0 Å². The van der Waals surface area contributed by atoms with Gasteiger partial charge in [0.1, 0.15) is 5.69 Å². The molecule has 0 unspecified atom stereocenters. The van der Waals surface area contributed by atoms with E-state index >= 15 is 0 Å². The van der Waals surface area contributed by atoms with Crippen molar-refractivity contribution in [2.45, 2.75) is 5.16 Å². The zero-order chi connectivity index (χ0) is 9.14. The summed E-state index contributed by atoms with van der Waals surface area (Å²) in [5.74, 6) is -1.39. The summed E-state index contributed by atoms with van der Waals surface area (Å²) in [5.41, 5.74) is -0.268. The second-order valence-electron chi connectivity index (χ2n) is 1.84. The molecular weight excluding hydrogens is 239 g/mol. The van der Waals surface area contributed by atoms with E-state index in [1.165, 1.54) is 18.0 Å². The van der Waals surface area contributed by atoms with Gasteiger partial charge in [-0.3, -0.25) is 0 Å². The van der Waals surface area contributed by atoms with Crippen LogP contribution in [0.5, 0.6) is 0 Å². The quantitative estimate of drug-likeness (QED) is 0.319. The molecular formula is C6H4ClKN2O2S. The van der Waals surface area contributed by atoms with Gasteiger partial charge in [-0.1, -0.05) is 23.4 Å². The molecule has 1 heterocycles. The first-order valence-electron chi connectivity index (χ1n) is 2.93. The van der Waals surface area contributed by atoms with Gasteiger partial charge in [-0.05, 0) is 6.26 Å². The Balaban J connectivity index is 0.00000144. The first-order valence-corrected chi connectivity index (χ1v) is 4.53. The Kier molecular flexibility index (Phi) is 6.74. The number of carbonyl (C=O) groups excluding carboxylic acids is 1. The van der Waals surface area contributed by atoms with Gasteiger partial charge in [-0.2, -0.15) is 0 Å². The van der Waals surface area contributed by atoms with E-state index in [9.17, 15) is 9.90 Å². The van der Waals surface area contributed by atoms with Crippen molar-refractivity contribution in [3.8, 4) is 0 Å². The number of thioether (sulfide) groups is 1. The molecule has 0 saturated carbocycles. The van der Waals surface area contributed by atoms with Crippen LogP contribution in [0.2, 0.25) is 5.02 Å². The molecule has 0 amide bonds. The first-order chi connectivity index (χ1) is 5.65. The summed E-state index contributed by atoms with van der Waals surface area (Å²) in [5, 5.41) is 10.7. The number of carboxylic acid groups (broad SMARTS) is 1. The Morgan fingerprint density at radius 3 is 2.77 bits per heavy atom. The molecule has 0 atom stereocenters. The Morgan fingerprint density at radius 1 is 1.69 bits per heavy atom. The van der Waals surface area contributed by atoms with E-state index in [-0.39, 0.29) is 62.1 Å². The molecule has 1 rings (SSSR count). The van der Waals surface area contributed by atoms with Crippen LogP contribution in [0.4, 0.5) is 0 Å². The monoisotopic (exact) mass is 242 g/mol. The van der Waals surface area contributed by atoms with Crippen molar-refractivity contribution >= 4 is 29.3 Å². The maximum Gasteiger partial charge on any atom is 1.00 e. The second kappa shape index (κ2) is 6.34. The number of aromatic nitrogens is 2. The molecule has 0 aromatic carbocycles. The van der Waals surface area contributed by atoms with Gasteiger partial charge in [-0.25, -0.2) is 9.97 Å². The predicted octanol–water partition coefficient (Wildman–Crippen LogP) is -2.78. The molecule has 64 valence electrons. The van der Waals surface area contributed by atoms with Gasteiger partial charge < -0.3 is 9.90 Å². The Bertz CT molecular complexity index is 324. The van der Waals surface area contributed by atoms with Crippen LogP contribution in [0.15, 0.2) is 11.4 Å². The van der Waals surface area contributed by atoms with Crippen molar-refractivity contribution in [1.82, 2.24) is 9.97 Å². The smallest absolute Gasteiger partial charge is 0.543 e. The second-order valence-corrected chi connectivity index (χ2v) is 3.02. The standard InChI is InChI=1S/C6H5ClN2O2S.K/c1-12-6-8-2-3(7)4(9-6)5(10)11;/h2H,1H3,(H,10,11);/q;+1/p-1. The number of rotatable bonds is 2. The molecule has 13 heavy (non-hydrogen) atoms. The summed E-state index contributed by atoms with van der Waals surface area (Å²) in [4.78, 5) is 17.8. The van der Waals surface area contributed by atoms with Crippen molar-refractivity contribution in [1.29, 1.82) is 0 Å². The van der Waals surface area contributed by atoms with Crippen LogP contribution >= 0.6 is 23.4 Å². The average Bonchev–Trinajstić information content (AvgIpc) is 2.05. The Morgan fingerprint density at radius 2 is 2.31 bits per heavy atom. The van der Waals surface area contributed by atoms with Gasteiger partial charge in [-0.15, -0.1) is 0 Å². The van der Waals surface area contributed by atoms with Crippen molar-refractivity contribution in [2.24, 2.45) is 0 Å². The molecule has 4 nitrogen and oxygen atoms in total. The Labute approximate surface area is 127 Å². The number of nitrogens with zero attached hydrogens (tertiary/aromatic N) is 2. The molecule has 0 spiro atoms. The van der Waals surface area contributed by atoms with E-state index in [0.717, 1.165) is 0 Å². The zero-order valence-corrected chi connectivity index (χ0v) is 11.8. The summed E-state index contributed by atoms with van der Waals surface area (Å²) in [6, 6.07) is 0. The van der Waals surface area contributed by atoms with Crippen LogP contribution in [0.3, 0.4) is 0 Å². The van der Waals surface area contributed by atoms with Gasteiger partial charge in [0.25, 0.3) is 0 Å². The topological polar surface area (TPSA) is 65.9 Å². The van der Waals surface area contributed by atoms with E-state index in [0.29, 0.717) is 5.16 Å². The molecule has 0 aliphatic rings. The number of aromatic carboxylic acids is 1. The minimum Gasteiger partial charge on any atom is -0.543 e. The van der Waals surface area contributed by atoms with Gasteiger partial charge in [0.15, 0.2) is 5.16 Å². The van der Waals surface area contributed by atoms with Gasteiger partial charge >= 0.3 is 51.4 Å². The third-order valence-electron chi connectivity index (χ3n) is 1.10. The third kappa shape index (κ3) is 3.82. The van der Waals surface area contributed by atoms with Crippen molar-refractivity contribution in [3.63, 3.8) is 0 Å². The minimum atomic E-state index is -1.39. The summed E-state index contributed by atoms with van der Waals surface area (Å²) >= 11 is 6.73. The number of hydrogen-bond acceptors (Lipinski definition) is 5. The number of halogens is 1. The summed E-state index contributed by atoms with van der Waals surface area (Å²) in [6.45, 7) is 0. The van der Waals surface area contributed by atoms with Crippen LogP contribution in [-0.4, -0.2) is 22.2 Å². The van der Waals surface area contributed by atoms with Gasteiger partial charge in [0.2, 0.25) is 0 Å². The molecule has 0 aliphatic carbocycles. The first kappa shape index (κ1) is 13.8. The minimum absolute atomic E-state index is 0. The molecule has 1 aromatic rings. The van der Waals surface area contributed by atoms with E-state index in [1.807, 2.05) is 0 Å². The third-order valence-corrected chi connectivity index (χ3v) is 1.94. The maximum absolute atomic E-state index is 10.4. The molecule has 0 saturated heterocycles. The molecule has 0 N–H and O–H groups in total. The number of hydrogen-bond donors (Lipinski definition) is 0. The van der Waals surface area contributed by atoms with Gasteiger partial charge in [0.05, 0.1) is 17.2 Å². The van der Waals surface area contributed by atoms with Crippen LogP contribution in [0.25, 0.3) is 0 Å². The van der Waals surface area contributed by atoms with E-state index in [1.54, 1.807) is 6.26 Å². The zero-order valence-electron chi connectivity index (χ0n) is 7.07. The summed E-state index contributed by atoms with van der Waals surface area (Å²) in [7, 11) is 0. The van der Waals surface area contributed by atoms with E-state index < -0.39 is 5.97 Å². The van der Waals surface area contributed by atoms with Crippen molar-refractivity contribution in [2.75, 3.05) is 6.26 Å². The van der Waals surface area contributed by atoms with Crippen molar-refractivity contribution in [3.05, 3.63) is 16.9 Å². The Hall–Kier alpha value is 0.826. The normalized spacial score (nSPS) is 9.08. The molecule has 0 radical (unpaired) electrons. The molecule has 7 heteroatoms. The number of carboxylic acids is 1. The summed E-state index contributed by atoms with van der Waals surface area (Å²) in [6.07, 6.45) is 2.98. The molecule has 0 fully saturated rings. The predicted molar refractivity (Wildman–Crippen MR) is 43.2 cm³/mol. The van der Waals surface area contributed by atoms with Gasteiger partial charge in [0, 0.05) is 0 Å². The molecule has 0 aliphatic heterocycles. The molecule has 0 bridgehead atoms. The maximum atomic E-state index is 10.4. The molecule has 1 aromatic heterocycles. The SMILES string of the molecule is CSc1ncc(Cl)c(C(=O)[O-])n1.[K+]. The van der Waals surface area contributed by atoms with Crippen LogP contribution < -0.4 is 56.5 Å².